The molecule has 1 aliphatic rings. The van der Waals surface area contributed by atoms with E-state index in [9.17, 15) is 4.79 Å². The Labute approximate surface area is 127 Å². The minimum Gasteiger partial charge on any atom is -0.377 e. The van der Waals surface area contributed by atoms with E-state index in [1.807, 2.05) is 30.3 Å². The molecule has 1 fully saturated rings. The van der Waals surface area contributed by atoms with E-state index in [0.717, 1.165) is 25.1 Å². The SMILES string of the molecule is CC(C)(C)[C@H]1OCC[C@@H]1CNC(C(N)=O)c1ccccc1. The van der Waals surface area contributed by atoms with E-state index in [4.69, 9.17) is 10.5 Å². The van der Waals surface area contributed by atoms with Crippen LogP contribution in [0.5, 0.6) is 0 Å². The second-order valence-electron chi connectivity index (χ2n) is 6.86. The zero-order valence-electron chi connectivity index (χ0n) is 13.1. The van der Waals surface area contributed by atoms with Gasteiger partial charge in [-0.2, -0.15) is 0 Å². The molecular weight excluding hydrogens is 264 g/mol. The van der Waals surface area contributed by atoms with Crippen LogP contribution in [0.15, 0.2) is 30.3 Å². The molecule has 0 bridgehead atoms. The summed E-state index contributed by atoms with van der Waals surface area (Å²) in [7, 11) is 0. The predicted molar refractivity (Wildman–Crippen MR) is 83.7 cm³/mol. The molecule has 1 aliphatic heterocycles. The minimum atomic E-state index is -0.438. The number of ether oxygens (including phenoxy) is 1. The Balaban J connectivity index is 2.01. The lowest BCUT2D eigenvalue weighted by Crippen LogP contribution is -2.41. The summed E-state index contributed by atoms with van der Waals surface area (Å²) in [6, 6.07) is 9.19. The molecule has 3 N–H and O–H groups in total. The zero-order valence-corrected chi connectivity index (χ0v) is 13.1. The smallest absolute Gasteiger partial charge is 0.239 e. The van der Waals surface area contributed by atoms with Crippen LogP contribution < -0.4 is 11.1 Å². The molecule has 1 aromatic carbocycles. The Morgan fingerprint density at radius 1 is 1.38 bits per heavy atom. The van der Waals surface area contributed by atoms with Crippen LogP contribution in [-0.2, 0) is 9.53 Å². The van der Waals surface area contributed by atoms with Crippen molar-refractivity contribution in [2.45, 2.75) is 39.3 Å². The number of hydrogen-bond acceptors (Lipinski definition) is 3. The van der Waals surface area contributed by atoms with Crippen LogP contribution in [0.25, 0.3) is 0 Å². The van der Waals surface area contributed by atoms with Gasteiger partial charge in [0.05, 0.1) is 6.10 Å². The summed E-state index contributed by atoms with van der Waals surface area (Å²) in [5.74, 6) is 0.0722. The summed E-state index contributed by atoms with van der Waals surface area (Å²) < 4.78 is 5.87. The van der Waals surface area contributed by atoms with Crippen molar-refractivity contribution in [3.63, 3.8) is 0 Å². The summed E-state index contributed by atoms with van der Waals surface area (Å²) in [4.78, 5) is 11.7. The molecular formula is C17H26N2O2. The molecule has 4 nitrogen and oxygen atoms in total. The molecule has 0 aliphatic carbocycles. The highest BCUT2D eigenvalue weighted by atomic mass is 16.5. The summed E-state index contributed by atoms with van der Waals surface area (Å²) in [6.07, 6.45) is 1.24. The quantitative estimate of drug-likeness (QED) is 0.874. The van der Waals surface area contributed by atoms with Gasteiger partial charge in [-0.05, 0) is 17.4 Å². The van der Waals surface area contributed by atoms with Gasteiger partial charge in [-0.15, -0.1) is 0 Å². The van der Waals surface area contributed by atoms with Gasteiger partial charge in [0.15, 0.2) is 0 Å². The topological polar surface area (TPSA) is 64.3 Å². The summed E-state index contributed by atoms with van der Waals surface area (Å²) in [6.45, 7) is 8.11. The van der Waals surface area contributed by atoms with Crippen molar-refractivity contribution in [2.75, 3.05) is 13.2 Å². The van der Waals surface area contributed by atoms with Crippen molar-refractivity contribution in [3.8, 4) is 0 Å². The highest BCUT2D eigenvalue weighted by molar-refractivity contribution is 5.81. The molecule has 1 saturated heterocycles. The maximum absolute atomic E-state index is 11.7. The van der Waals surface area contributed by atoms with Gasteiger partial charge in [-0.1, -0.05) is 51.1 Å². The van der Waals surface area contributed by atoms with Crippen LogP contribution in [0.3, 0.4) is 0 Å². The van der Waals surface area contributed by atoms with E-state index in [2.05, 4.69) is 26.1 Å². The first-order valence-corrected chi connectivity index (χ1v) is 7.59. The molecule has 4 heteroatoms. The Bertz CT molecular complexity index is 467. The Hall–Kier alpha value is -1.39. The molecule has 0 spiro atoms. The van der Waals surface area contributed by atoms with Crippen LogP contribution >= 0.6 is 0 Å². The number of carbonyl (C=O) groups is 1. The molecule has 1 amide bonds. The fraction of sp³-hybridized carbons (Fsp3) is 0.588. The molecule has 21 heavy (non-hydrogen) atoms. The lowest BCUT2D eigenvalue weighted by molar-refractivity contribution is -0.120. The number of primary amides is 1. The monoisotopic (exact) mass is 290 g/mol. The van der Waals surface area contributed by atoms with Gasteiger partial charge in [-0.25, -0.2) is 0 Å². The number of amides is 1. The molecule has 0 aromatic heterocycles. The maximum Gasteiger partial charge on any atom is 0.239 e. The van der Waals surface area contributed by atoms with Crippen LogP contribution in [0.1, 0.15) is 38.8 Å². The van der Waals surface area contributed by atoms with Gasteiger partial charge in [0.25, 0.3) is 0 Å². The van der Waals surface area contributed by atoms with Crippen molar-refractivity contribution >= 4 is 5.91 Å². The van der Waals surface area contributed by atoms with Gasteiger partial charge in [0, 0.05) is 19.1 Å². The van der Waals surface area contributed by atoms with Crippen LogP contribution in [0, 0.1) is 11.3 Å². The molecule has 0 radical (unpaired) electrons. The van der Waals surface area contributed by atoms with Crippen LogP contribution in [0.2, 0.25) is 0 Å². The van der Waals surface area contributed by atoms with Crippen molar-refractivity contribution in [1.82, 2.24) is 5.32 Å². The molecule has 1 unspecified atom stereocenters. The predicted octanol–water partition coefficient (Wildman–Crippen LogP) is 2.25. The number of benzene rings is 1. The molecule has 0 saturated carbocycles. The number of rotatable bonds is 5. The first kappa shape index (κ1) is 16.0. The van der Waals surface area contributed by atoms with Gasteiger partial charge in [-0.3, -0.25) is 4.79 Å². The van der Waals surface area contributed by atoms with Gasteiger partial charge in [0.1, 0.15) is 6.04 Å². The van der Waals surface area contributed by atoms with Crippen molar-refractivity contribution in [3.05, 3.63) is 35.9 Å². The molecule has 1 heterocycles. The molecule has 1 aromatic rings. The summed E-state index contributed by atoms with van der Waals surface area (Å²) in [5, 5.41) is 3.32. The van der Waals surface area contributed by atoms with Gasteiger partial charge < -0.3 is 15.8 Å². The standard InChI is InChI=1S/C17H26N2O2/c1-17(2,3)15-13(9-10-21-15)11-19-14(16(18)20)12-7-5-4-6-8-12/h4-8,13-15,19H,9-11H2,1-3H3,(H2,18,20)/t13-,14?,15+/m1/s1. The number of nitrogens with two attached hydrogens (primary N) is 1. The Morgan fingerprint density at radius 2 is 2.05 bits per heavy atom. The minimum absolute atomic E-state index is 0.109. The van der Waals surface area contributed by atoms with Gasteiger partial charge >= 0.3 is 0 Å². The van der Waals surface area contributed by atoms with E-state index in [0.29, 0.717) is 5.92 Å². The van der Waals surface area contributed by atoms with E-state index in [-0.39, 0.29) is 17.4 Å². The highest BCUT2D eigenvalue weighted by Crippen LogP contribution is 2.34. The van der Waals surface area contributed by atoms with Crippen molar-refractivity contribution in [1.29, 1.82) is 0 Å². The van der Waals surface area contributed by atoms with Gasteiger partial charge in [0.2, 0.25) is 5.91 Å². The summed E-state index contributed by atoms with van der Waals surface area (Å²) in [5.41, 5.74) is 6.56. The third-order valence-corrected chi connectivity index (χ3v) is 4.07. The van der Waals surface area contributed by atoms with Crippen LogP contribution in [-0.4, -0.2) is 25.2 Å². The van der Waals surface area contributed by atoms with Crippen molar-refractivity contribution in [2.24, 2.45) is 17.1 Å². The normalized spacial score (nSPS) is 24.0. The fourth-order valence-corrected chi connectivity index (χ4v) is 3.10. The Kier molecular flexibility index (Phi) is 5.01. The Morgan fingerprint density at radius 3 is 2.62 bits per heavy atom. The largest absolute Gasteiger partial charge is 0.377 e. The van der Waals surface area contributed by atoms with E-state index in [1.54, 1.807) is 0 Å². The maximum atomic E-state index is 11.7. The first-order valence-electron chi connectivity index (χ1n) is 7.59. The van der Waals surface area contributed by atoms with Crippen LogP contribution in [0.4, 0.5) is 0 Å². The number of nitrogens with one attached hydrogen (secondary N) is 1. The third kappa shape index (κ3) is 4.05. The molecule has 3 atom stereocenters. The lowest BCUT2D eigenvalue weighted by Gasteiger charge is -2.32. The molecule has 116 valence electrons. The van der Waals surface area contributed by atoms with E-state index in [1.165, 1.54) is 0 Å². The first-order chi connectivity index (χ1) is 9.89. The van der Waals surface area contributed by atoms with Crippen molar-refractivity contribution < 1.29 is 9.53 Å². The number of hydrogen-bond donors (Lipinski definition) is 2. The van der Waals surface area contributed by atoms with E-state index < -0.39 is 6.04 Å². The molecule has 2 rings (SSSR count). The average molecular weight is 290 g/mol. The van der Waals surface area contributed by atoms with E-state index >= 15 is 0 Å². The fourth-order valence-electron chi connectivity index (χ4n) is 3.10. The number of carbonyl (C=O) groups excluding carboxylic acids is 1. The second kappa shape index (κ2) is 6.58. The summed E-state index contributed by atoms with van der Waals surface area (Å²) >= 11 is 0. The zero-order chi connectivity index (χ0) is 15.5. The highest BCUT2D eigenvalue weighted by Gasteiger charge is 2.37. The third-order valence-electron chi connectivity index (χ3n) is 4.07. The lowest BCUT2D eigenvalue weighted by atomic mass is 9.81. The average Bonchev–Trinajstić information content (AvgIpc) is 2.88. The second-order valence-corrected chi connectivity index (χ2v) is 6.86.